The summed E-state index contributed by atoms with van der Waals surface area (Å²) in [6.07, 6.45) is 2.43. The van der Waals surface area contributed by atoms with Crippen molar-refractivity contribution >= 4 is 23.7 Å². The van der Waals surface area contributed by atoms with Crippen LogP contribution in [-0.2, 0) is 18.0 Å². The molecule has 200 valence electrons. The van der Waals surface area contributed by atoms with Crippen molar-refractivity contribution in [3.63, 3.8) is 0 Å². The molecule has 0 aliphatic rings. The van der Waals surface area contributed by atoms with Crippen molar-refractivity contribution in [2.75, 3.05) is 5.32 Å². The van der Waals surface area contributed by atoms with Gasteiger partial charge in [-0.25, -0.2) is 18.9 Å². The third kappa shape index (κ3) is 8.16. The molecule has 11 nitrogen and oxygen atoms in total. The van der Waals surface area contributed by atoms with Crippen molar-refractivity contribution in [2.24, 2.45) is 5.73 Å². The Balaban J connectivity index is 2.12. The quantitative estimate of drug-likeness (QED) is 0.353. The predicted octanol–water partition coefficient (Wildman–Crippen LogP) is 3.60. The molecule has 0 bridgehead atoms. The zero-order valence-corrected chi connectivity index (χ0v) is 22.0. The number of primary amides is 1. The monoisotopic (exact) mass is 515 g/mol. The molecule has 2 heterocycles. The maximum atomic E-state index is 13.9. The average molecular weight is 516 g/mol. The molecule has 5 N–H and O–H groups in total. The van der Waals surface area contributed by atoms with E-state index in [2.05, 4.69) is 32.6 Å². The van der Waals surface area contributed by atoms with Gasteiger partial charge < -0.3 is 21.1 Å². The van der Waals surface area contributed by atoms with Gasteiger partial charge in [0.1, 0.15) is 29.6 Å². The fraction of sp³-hybridized carbons (Fsp3) is 0.400. The lowest BCUT2D eigenvalue weighted by atomic mass is 10.1. The van der Waals surface area contributed by atoms with Gasteiger partial charge in [0, 0.05) is 12.2 Å². The molecule has 2 aromatic heterocycles. The molecule has 37 heavy (non-hydrogen) atoms. The van der Waals surface area contributed by atoms with Gasteiger partial charge in [-0.1, -0.05) is 13.5 Å². The molecule has 12 heteroatoms. The van der Waals surface area contributed by atoms with Crippen LogP contribution in [0.15, 0.2) is 36.4 Å². The molecule has 0 saturated carbocycles. The summed E-state index contributed by atoms with van der Waals surface area (Å²) in [7, 11) is 0. The summed E-state index contributed by atoms with van der Waals surface area (Å²) in [5.74, 6) is -1.66. The minimum absolute atomic E-state index is 0.0156. The zero-order chi connectivity index (χ0) is 27.9. The third-order valence-corrected chi connectivity index (χ3v) is 5.04. The number of nitrogens with one attached hydrogen (secondary N) is 3. The Morgan fingerprint density at radius 1 is 1.24 bits per heavy atom. The second kappa shape index (κ2) is 12.2. The summed E-state index contributed by atoms with van der Waals surface area (Å²) < 4.78 is 20.3. The number of allylic oxidation sites excluding steroid dienone is 2. The highest BCUT2D eigenvalue weighted by molar-refractivity contribution is 6.05. The van der Waals surface area contributed by atoms with Crippen LogP contribution in [0.5, 0.6) is 0 Å². The summed E-state index contributed by atoms with van der Waals surface area (Å²) in [4.78, 5) is 41.4. The van der Waals surface area contributed by atoms with Crippen molar-refractivity contribution in [1.29, 1.82) is 0 Å². The maximum Gasteiger partial charge on any atom is 0.413 e. The second-order valence-corrected chi connectivity index (χ2v) is 9.24. The predicted molar refractivity (Wildman–Crippen MR) is 137 cm³/mol. The Morgan fingerprint density at radius 2 is 1.92 bits per heavy atom. The Hall–Kier alpha value is -4.22. The van der Waals surface area contributed by atoms with Gasteiger partial charge in [0.2, 0.25) is 0 Å². The SMILES string of the molecule is C=C(NCn1ncc(C(=O)NCc2c(C)cc(NC(=O)OC(C)(C)C)nc2C)c1C(N)=O)/C(F)=C\CC. The number of anilines is 1. The lowest BCUT2D eigenvalue weighted by molar-refractivity contribution is 0.0635. The van der Waals surface area contributed by atoms with E-state index in [-0.39, 0.29) is 30.2 Å². The molecule has 0 saturated heterocycles. The van der Waals surface area contributed by atoms with E-state index < -0.39 is 29.3 Å². The molecule has 0 aromatic carbocycles. The number of amides is 3. The number of aryl methyl sites for hydroxylation is 2. The van der Waals surface area contributed by atoms with E-state index in [0.29, 0.717) is 17.9 Å². The summed E-state index contributed by atoms with van der Waals surface area (Å²) >= 11 is 0. The normalized spacial score (nSPS) is 11.6. The van der Waals surface area contributed by atoms with Gasteiger partial charge in [-0.15, -0.1) is 0 Å². The number of rotatable bonds is 10. The average Bonchev–Trinajstić information content (AvgIpc) is 3.20. The molecule has 0 aliphatic heterocycles. The van der Waals surface area contributed by atoms with Crippen molar-refractivity contribution in [1.82, 2.24) is 25.4 Å². The standard InChI is InChI=1S/C25H34FN7O4/c1-8-9-19(26)16(4)29-13-33-21(22(27)34)18(12-30-33)23(35)28-11-17-14(2)10-20(31-15(17)3)32-24(36)37-25(5,6)7/h9-10,12,29H,4,8,11,13H2,1-3,5-7H3,(H2,27,34)(H,28,35)(H,31,32,36)/b19-9+. The molecule has 0 atom stereocenters. The number of halogens is 1. The topological polar surface area (TPSA) is 153 Å². The van der Waals surface area contributed by atoms with E-state index in [4.69, 9.17) is 10.5 Å². The van der Waals surface area contributed by atoms with Gasteiger partial charge in [0.05, 0.1) is 17.5 Å². The van der Waals surface area contributed by atoms with Crippen LogP contribution in [-0.4, -0.2) is 38.3 Å². The molecule has 0 spiro atoms. The number of nitrogens with two attached hydrogens (primary N) is 1. The number of carbonyl (C=O) groups excluding carboxylic acids is 3. The van der Waals surface area contributed by atoms with Gasteiger partial charge >= 0.3 is 6.09 Å². The van der Waals surface area contributed by atoms with Crippen molar-refractivity contribution in [2.45, 2.75) is 66.8 Å². The number of pyridine rings is 1. The summed E-state index contributed by atoms with van der Waals surface area (Å²) in [6, 6.07) is 1.66. The van der Waals surface area contributed by atoms with Crippen LogP contribution in [0.1, 0.15) is 71.8 Å². The molecule has 2 aromatic rings. The van der Waals surface area contributed by atoms with Crippen LogP contribution in [0, 0.1) is 13.8 Å². The lowest BCUT2D eigenvalue weighted by Gasteiger charge is -2.20. The molecule has 0 unspecified atom stereocenters. The Kier molecular flexibility index (Phi) is 9.53. The Morgan fingerprint density at radius 3 is 2.49 bits per heavy atom. The van der Waals surface area contributed by atoms with E-state index in [1.54, 1.807) is 40.7 Å². The molecule has 0 fully saturated rings. The number of ether oxygens (including phenoxy) is 1. The van der Waals surface area contributed by atoms with E-state index >= 15 is 0 Å². The van der Waals surface area contributed by atoms with Crippen LogP contribution in [0.25, 0.3) is 0 Å². The van der Waals surface area contributed by atoms with Crippen molar-refractivity contribution in [3.8, 4) is 0 Å². The fourth-order valence-corrected chi connectivity index (χ4v) is 3.35. The van der Waals surface area contributed by atoms with E-state index in [0.717, 1.165) is 15.8 Å². The fourth-order valence-electron chi connectivity index (χ4n) is 3.35. The first-order valence-corrected chi connectivity index (χ1v) is 11.6. The first-order chi connectivity index (χ1) is 17.2. The van der Waals surface area contributed by atoms with E-state index in [1.165, 1.54) is 12.3 Å². The first-order valence-electron chi connectivity index (χ1n) is 11.6. The summed E-state index contributed by atoms with van der Waals surface area (Å²) in [6.45, 7) is 14.2. The van der Waals surface area contributed by atoms with Crippen LogP contribution in [0.2, 0.25) is 0 Å². The largest absolute Gasteiger partial charge is 0.444 e. The van der Waals surface area contributed by atoms with Gasteiger partial charge in [0.15, 0.2) is 0 Å². The van der Waals surface area contributed by atoms with Crippen molar-refractivity contribution in [3.05, 3.63) is 64.5 Å². The van der Waals surface area contributed by atoms with Gasteiger partial charge in [0.25, 0.3) is 11.8 Å². The Bertz CT molecular complexity index is 1210. The Labute approximate surface area is 215 Å². The molecular weight excluding hydrogens is 481 g/mol. The van der Waals surface area contributed by atoms with Crippen LogP contribution in [0.4, 0.5) is 15.0 Å². The van der Waals surface area contributed by atoms with Gasteiger partial charge in [-0.2, -0.15) is 5.10 Å². The highest BCUT2D eigenvalue weighted by atomic mass is 19.1. The molecule has 3 amide bonds. The molecule has 2 rings (SSSR count). The maximum absolute atomic E-state index is 13.9. The van der Waals surface area contributed by atoms with Crippen LogP contribution >= 0.6 is 0 Å². The minimum Gasteiger partial charge on any atom is -0.444 e. The minimum atomic E-state index is -0.869. The third-order valence-electron chi connectivity index (χ3n) is 5.04. The first kappa shape index (κ1) is 29.0. The lowest BCUT2D eigenvalue weighted by Crippen LogP contribution is -2.29. The van der Waals surface area contributed by atoms with Gasteiger partial charge in [-0.05, 0) is 64.3 Å². The van der Waals surface area contributed by atoms with Crippen LogP contribution in [0.3, 0.4) is 0 Å². The molecular formula is C25H34FN7O4. The highest BCUT2D eigenvalue weighted by Crippen LogP contribution is 2.18. The van der Waals surface area contributed by atoms with Crippen molar-refractivity contribution < 1.29 is 23.5 Å². The number of hydrogen-bond donors (Lipinski definition) is 4. The second-order valence-electron chi connectivity index (χ2n) is 9.24. The zero-order valence-electron chi connectivity index (χ0n) is 22.0. The molecule has 0 radical (unpaired) electrons. The van der Waals surface area contributed by atoms with Gasteiger partial charge in [-0.3, -0.25) is 14.9 Å². The number of carbonyl (C=O) groups is 3. The summed E-state index contributed by atoms with van der Waals surface area (Å²) in [5.41, 5.74) is 6.77. The molecule has 0 aliphatic carbocycles. The van der Waals surface area contributed by atoms with E-state index in [1.807, 2.05) is 6.92 Å². The number of aromatic nitrogens is 3. The van der Waals surface area contributed by atoms with E-state index in [9.17, 15) is 18.8 Å². The summed E-state index contributed by atoms with van der Waals surface area (Å²) in [5, 5.41) is 12.1. The highest BCUT2D eigenvalue weighted by Gasteiger charge is 2.22. The smallest absolute Gasteiger partial charge is 0.413 e. The number of hydrogen-bond acceptors (Lipinski definition) is 7. The number of nitrogens with zero attached hydrogens (tertiary/aromatic N) is 3. The van der Waals surface area contributed by atoms with Crippen LogP contribution < -0.4 is 21.7 Å².